The van der Waals surface area contributed by atoms with Gasteiger partial charge in [0.25, 0.3) is 5.92 Å². The Morgan fingerprint density at radius 3 is 2.64 bits per heavy atom. The molecule has 0 radical (unpaired) electrons. The van der Waals surface area contributed by atoms with Gasteiger partial charge in [-0.3, -0.25) is 4.68 Å². The number of methoxy groups -OCH3 is 1. The molecule has 4 fully saturated rings. The Hall–Kier alpha value is -1.93. The molecular weight excluding hydrogens is 454 g/mol. The number of ether oxygens (including phenoxy) is 1. The lowest BCUT2D eigenvalue weighted by Crippen LogP contribution is -2.54. The van der Waals surface area contributed by atoms with Gasteiger partial charge in [0, 0.05) is 25.8 Å². The molecule has 0 N–H and O–H groups in total. The summed E-state index contributed by atoms with van der Waals surface area (Å²) >= 11 is 0. The third kappa shape index (κ3) is 4.28. The normalized spacial score (nSPS) is 39.8. The largest absolute Gasteiger partial charge is 0.384 e. The highest BCUT2D eigenvalue weighted by Gasteiger charge is 2.63. The second kappa shape index (κ2) is 9.75. The quantitative estimate of drug-likeness (QED) is 0.309. The zero-order chi connectivity index (χ0) is 25.6. The van der Waals surface area contributed by atoms with Crippen LogP contribution in [-0.2, 0) is 11.3 Å². The molecule has 0 aromatic carbocycles. The van der Waals surface area contributed by atoms with Crippen molar-refractivity contribution in [3.05, 3.63) is 43.3 Å². The van der Waals surface area contributed by atoms with Gasteiger partial charge in [0.2, 0.25) is 0 Å². The van der Waals surface area contributed by atoms with Gasteiger partial charge in [0.05, 0.1) is 11.8 Å². The zero-order valence-electron chi connectivity index (χ0n) is 22.0. The Kier molecular flexibility index (Phi) is 6.96. The third-order valence-electron chi connectivity index (χ3n) is 10.9. The maximum atomic E-state index is 15.9. The molecule has 36 heavy (non-hydrogen) atoms. The molecule has 5 heteroatoms. The van der Waals surface area contributed by atoms with Crippen LogP contribution in [0.4, 0.5) is 8.78 Å². The fourth-order valence-electron chi connectivity index (χ4n) is 9.47. The molecule has 2 unspecified atom stereocenters. The molecule has 8 atom stereocenters. The molecule has 0 spiro atoms. The molecule has 3 nitrogen and oxygen atoms in total. The Bertz CT molecular complexity index is 1040. The standard InChI is InChI=1S/C31H42F2N2O/c1-5-7-8-23-18-34-35(19-23)21-31(32,33)28-12-11-26-24-14-16-30(6-2)17-22(20-36-4)9-10-27(30)25(24)13-15-29(26,28)3/h5-6,18-19,22,24-28H,1-2,9-17,20-21H2,3-4H3/t22-,24+,25?,26?,27+,28-,29-,30+/m0/s1. The minimum absolute atomic E-state index is 0.213. The van der Waals surface area contributed by atoms with Gasteiger partial charge in [-0.1, -0.05) is 31.4 Å². The van der Waals surface area contributed by atoms with Crippen molar-refractivity contribution in [2.24, 2.45) is 46.3 Å². The van der Waals surface area contributed by atoms with Gasteiger partial charge >= 0.3 is 0 Å². The molecule has 196 valence electrons. The highest BCUT2D eigenvalue weighted by molar-refractivity contribution is 5.32. The summed E-state index contributed by atoms with van der Waals surface area (Å²) in [6, 6.07) is 0. The first-order valence-electron chi connectivity index (χ1n) is 13.9. The first-order chi connectivity index (χ1) is 17.3. The Balaban J connectivity index is 1.32. The fourth-order valence-corrected chi connectivity index (χ4v) is 9.47. The van der Waals surface area contributed by atoms with Gasteiger partial charge in [-0.2, -0.15) is 5.10 Å². The number of allylic oxidation sites excluding steroid dienone is 2. The minimum atomic E-state index is -2.79. The summed E-state index contributed by atoms with van der Waals surface area (Å²) in [5.74, 6) is 5.18. The number of rotatable bonds is 6. The zero-order valence-corrected chi connectivity index (χ0v) is 22.0. The van der Waals surface area contributed by atoms with E-state index < -0.39 is 11.8 Å². The summed E-state index contributed by atoms with van der Waals surface area (Å²) in [6.45, 7) is 10.6. The highest BCUT2D eigenvalue weighted by Crippen LogP contribution is 2.68. The molecule has 1 aromatic heterocycles. The molecule has 4 aliphatic rings. The van der Waals surface area contributed by atoms with E-state index in [1.54, 1.807) is 19.5 Å². The van der Waals surface area contributed by atoms with E-state index in [1.807, 2.05) is 0 Å². The SMILES string of the molecule is C=CC#Cc1cnn(CC(F)(F)[C@H]2CCC3[C@@H]4CC[C@]5(C=C)C[C@@H](COC)CC[C@@H]5C4CC[C@@]32C)c1. The van der Waals surface area contributed by atoms with Crippen LogP contribution in [0.5, 0.6) is 0 Å². The van der Waals surface area contributed by atoms with Crippen LogP contribution in [0.3, 0.4) is 0 Å². The van der Waals surface area contributed by atoms with E-state index in [9.17, 15) is 0 Å². The highest BCUT2D eigenvalue weighted by atomic mass is 19.3. The molecule has 0 saturated heterocycles. The summed E-state index contributed by atoms with van der Waals surface area (Å²) in [4.78, 5) is 0. The van der Waals surface area contributed by atoms with E-state index in [2.05, 4.69) is 43.1 Å². The molecule has 1 heterocycles. The summed E-state index contributed by atoms with van der Waals surface area (Å²) in [5, 5.41) is 4.18. The van der Waals surface area contributed by atoms with Crippen LogP contribution < -0.4 is 0 Å². The van der Waals surface area contributed by atoms with Gasteiger partial charge in [-0.25, -0.2) is 8.78 Å². The van der Waals surface area contributed by atoms with E-state index in [0.717, 1.165) is 38.7 Å². The lowest BCUT2D eigenvalue weighted by molar-refractivity contribution is -0.150. The summed E-state index contributed by atoms with van der Waals surface area (Å²) in [7, 11) is 1.81. The Morgan fingerprint density at radius 2 is 1.89 bits per heavy atom. The smallest absolute Gasteiger partial charge is 0.270 e. The first kappa shape index (κ1) is 25.7. The average molecular weight is 497 g/mol. The Morgan fingerprint density at radius 1 is 1.14 bits per heavy atom. The summed E-state index contributed by atoms with van der Waals surface area (Å²) < 4.78 is 38.6. The maximum absolute atomic E-state index is 15.9. The Labute approximate surface area is 215 Å². The first-order valence-corrected chi connectivity index (χ1v) is 13.9. The molecule has 0 aliphatic heterocycles. The lowest BCUT2D eigenvalue weighted by Gasteiger charge is -2.60. The van der Waals surface area contributed by atoms with E-state index in [0.29, 0.717) is 41.6 Å². The number of hydrogen-bond donors (Lipinski definition) is 0. The van der Waals surface area contributed by atoms with Crippen molar-refractivity contribution in [1.29, 1.82) is 0 Å². The number of aromatic nitrogens is 2. The molecule has 5 rings (SSSR count). The van der Waals surface area contributed by atoms with E-state index in [4.69, 9.17) is 4.74 Å². The van der Waals surface area contributed by atoms with Gasteiger partial charge < -0.3 is 4.74 Å². The monoisotopic (exact) mass is 496 g/mol. The third-order valence-corrected chi connectivity index (χ3v) is 10.9. The number of hydrogen-bond acceptors (Lipinski definition) is 2. The molecule has 0 bridgehead atoms. The molecule has 1 aromatic rings. The van der Waals surface area contributed by atoms with Crippen molar-refractivity contribution >= 4 is 0 Å². The lowest BCUT2D eigenvalue weighted by atomic mass is 9.45. The van der Waals surface area contributed by atoms with Crippen molar-refractivity contribution in [2.45, 2.75) is 77.2 Å². The van der Waals surface area contributed by atoms with Crippen molar-refractivity contribution in [1.82, 2.24) is 9.78 Å². The minimum Gasteiger partial charge on any atom is -0.384 e. The molecular formula is C31H42F2N2O. The molecule has 4 saturated carbocycles. The van der Waals surface area contributed by atoms with Crippen molar-refractivity contribution in [3.8, 4) is 11.8 Å². The second-order valence-corrected chi connectivity index (χ2v) is 12.5. The van der Waals surface area contributed by atoms with Crippen molar-refractivity contribution < 1.29 is 13.5 Å². The summed E-state index contributed by atoms with van der Waals surface area (Å²) in [5.41, 5.74) is 0.560. The van der Waals surface area contributed by atoms with Crippen LogP contribution in [0, 0.1) is 58.2 Å². The van der Waals surface area contributed by atoms with E-state index in [-0.39, 0.29) is 17.4 Å². The predicted molar refractivity (Wildman–Crippen MR) is 139 cm³/mol. The van der Waals surface area contributed by atoms with Crippen LogP contribution in [-0.4, -0.2) is 29.4 Å². The van der Waals surface area contributed by atoms with Gasteiger partial charge in [-0.05, 0) is 104 Å². The van der Waals surface area contributed by atoms with Crippen LogP contribution >= 0.6 is 0 Å². The second-order valence-electron chi connectivity index (χ2n) is 12.5. The fraction of sp³-hybridized carbons (Fsp3) is 0.710. The number of halogens is 2. The van der Waals surface area contributed by atoms with Crippen LogP contribution in [0.2, 0.25) is 0 Å². The topological polar surface area (TPSA) is 27.1 Å². The maximum Gasteiger partial charge on any atom is 0.270 e. The van der Waals surface area contributed by atoms with Crippen LogP contribution in [0.15, 0.2) is 37.7 Å². The number of alkyl halides is 2. The number of nitrogens with zero attached hydrogens (tertiary/aromatic N) is 2. The van der Waals surface area contributed by atoms with Crippen LogP contribution in [0.1, 0.15) is 70.3 Å². The predicted octanol–water partition coefficient (Wildman–Crippen LogP) is 7.14. The average Bonchev–Trinajstić information content (AvgIpc) is 3.45. The van der Waals surface area contributed by atoms with Gasteiger partial charge in [0.15, 0.2) is 0 Å². The van der Waals surface area contributed by atoms with Crippen molar-refractivity contribution in [3.63, 3.8) is 0 Å². The molecule has 4 aliphatic carbocycles. The van der Waals surface area contributed by atoms with Crippen LogP contribution in [0.25, 0.3) is 0 Å². The van der Waals surface area contributed by atoms with E-state index in [1.165, 1.54) is 30.0 Å². The van der Waals surface area contributed by atoms with E-state index >= 15 is 8.78 Å². The number of fused-ring (bicyclic) bond motifs is 5. The van der Waals surface area contributed by atoms with Gasteiger partial charge in [0.1, 0.15) is 6.54 Å². The molecule has 0 amide bonds. The van der Waals surface area contributed by atoms with Crippen molar-refractivity contribution in [2.75, 3.05) is 13.7 Å². The van der Waals surface area contributed by atoms with Gasteiger partial charge in [-0.15, -0.1) is 6.58 Å². The summed E-state index contributed by atoms with van der Waals surface area (Å²) in [6.07, 6.45) is 16.5.